The molecule has 1 aliphatic rings. The minimum absolute atomic E-state index is 0.219. The van der Waals surface area contributed by atoms with Gasteiger partial charge in [-0.2, -0.15) is 0 Å². The van der Waals surface area contributed by atoms with Crippen molar-refractivity contribution in [3.8, 4) is 17.6 Å². The van der Waals surface area contributed by atoms with E-state index in [9.17, 15) is 4.39 Å². The quantitative estimate of drug-likeness (QED) is 0.829. The second kappa shape index (κ2) is 7.85. The Morgan fingerprint density at radius 2 is 2.15 bits per heavy atom. The van der Waals surface area contributed by atoms with Crippen LogP contribution in [-0.4, -0.2) is 50.9 Å². The molecular weight excluding hydrogens is 259 g/mol. The second-order valence-corrected chi connectivity index (χ2v) is 4.45. The molecule has 0 atom stereocenters. The average Bonchev–Trinajstić information content (AvgIpc) is 2.47. The van der Waals surface area contributed by atoms with E-state index in [-0.39, 0.29) is 12.4 Å². The SMILES string of the molecule is NCC#Cc1ccc(OCCN2CCOCC2)cc1F. The Bertz CT molecular complexity index is 490. The topological polar surface area (TPSA) is 47.7 Å². The third kappa shape index (κ3) is 4.49. The van der Waals surface area contributed by atoms with Gasteiger partial charge in [0.15, 0.2) is 0 Å². The highest BCUT2D eigenvalue weighted by atomic mass is 19.1. The molecule has 1 aromatic rings. The highest BCUT2D eigenvalue weighted by Crippen LogP contribution is 2.16. The fourth-order valence-corrected chi connectivity index (χ4v) is 1.95. The molecule has 1 fully saturated rings. The van der Waals surface area contributed by atoms with Crippen molar-refractivity contribution in [2.75, 3.05) is 46.0 Å². The number of nitrogens with two attached hydrogens (primary N) is 1. The van der Waals surface area contributed by atoms with Crippen LogP contribution in [0.15, 0.2) is 18.2 Å². The normalized spacial score (nSPS) is 15.5. The van der Waals surface area contributed by atoms with Crippen LogP contribution < -0.4 is 10.5 Å². The summed E-state index contributed by atoms with van der Waals surface area (Å²) in [6, 6.07) is 4.70. The van der Waals surface area contributed by atoms with Crippen molar-refractivity contribution >= 4 is 0 Å². The molecule has 1 heterocycles. The van der Waals surface area contributed by atoms with Gasteiger partial charge in [-0.25, -0.2) is 4.39 Å². The Morgan fingerprint density at radius 3 is 2.85 bits per heavy atom. The van der Waals surface area contributed by atoms with Gasteiger partial charge in [0.05, 0.1) is 25.3 Å². The van der Waals surface area contributed by atoms with Gasteiger partial charge in [0.25, 0.3) is 0 Å². The second-order valence-electron chi connectivity index (χ2n) is 4.45. The van der Waals surface area contributed by atoms with Crippen LogP contribution in [0.25, 0.3) is 0 Å². The number of hydrogen-bond acceptors (Lipinski definition) is 4. The minimum Gasteiger partial charge on any atom is -0.492 e. The largest absolute Gasteiger partial charge is 0.492 e. The first-order valence-corrected chi connectivity index (χ1v) is 6.71. The summed E-state index contributed by atoms with van der Waals surface area (Å²) in [5, 5.41) is 0. The zero-order chi connectivity index (χ0) is 14.2. The number of benzene rings is 1. The van der Waals surface area contributed by atoms with Crippen molar-refractivity contribution < 1.29 is 13.9 Å². The van der Waals surface area contributed by atoms with Gasteiger partial charge in [-0.1, -0.05) is 11.8 Å². The summed E-state index contributed by atoms with van der Waals surface area (Å²) in [5.41, 5.74) is 5.60. The minimum atomic E-state index is -0.380. The zero-order valence-electron chi connectivity index (χ0n) is 11.4. The smallest absolute Gasteiger partial charge is 0.142 e. The van der Waals surface area contributed by atoms with Crippen LogP contribution in [0.5, 0.6) is 5.75 Å². The van der Waals surface area contributed by atoms with E-state index >= 15 is 0 Å². The van der Waals surface area contributed by atoms with E-state index in [4.69, 9.17) is 15.2 Å². The maximum Gasteiger partial charge on any atom is 0.142 e. The molecule has 0 bridgehead atoms. The molecule has 1 aliphatic heterocycles. The first-order valence-electron chi connectivity index (χ1n) is 6.71. The van der Waals surface area contributed by atoms with E-state index in [2.05, 4.69) is 16.7 Å². The van der Waals surface area contributed by atoms with Crippen molar-refractivity contribution in [1.82, 2.24) is 4.90 Å². The maximum absolute atomic E-state index is 13.7. The lowest BCUT2D eigenvalue weighted by Gasteiger charge is -2.26. The molecule has 108 valence electrons. The molecule has 0 radical (unpaired) electrons. The van der Waals surface area contributed by atoms with E-state index in [0.717, 1.165) is 32.8 Å². The summed E-state index contributed by atoms with van der Waals surface area (Å²) in [6.07, 6.45) is 0. The van der Waals surface area contributed by atoms with Gasteiger partial charge >= 0.3 is 0 Å². The van der Waals surface area contributed by atoms with Crippen LogP contribution in [0.1, 0.15) is 5.56 Å². The van der Waals surface area contributed by atoms with Gasteiger partial charge in [0.2, 0.25) is 0 Å². The summed E-state index contributed by atoms with van der Waals surface area (Å²) in [5.74, 6) is 5.45. The molecule has 2 rings (SSSR count). The Kier molecular flexibility index (Phi) is 5.81. The molecule has 2 N–H and O–H groups in total. The monoisotopic (exact) mass is 278 g/mol. The molecule has 1 aromatic carbocycles. The number of halogens is 1. The molecule has 0 saturated carbocycles. The summed E-state index contributed by atoms with van der Waals surface area (Å²) in [4.78, 5) is 2.26. The van der Waals surface area contributed by atoms with E-state index in [1.54, 1.807) is 12.1 Å². The van der Waals surface area contributed by atoms with E-state index in [1.807, 2.05) is 0 Å². The molecule has 20 heavy (non-hydrogen) atoms. The molecule has 0 aromatic heterocycles. The van der Waals surface area contributed by atoms with Crippen molar-refractivity contribution in [3.05, 3.63) is 29.6 Å². The van der Waals surface area contributed by atoms with Crippen LogP contribution in [0, 0.1) is 17.7 Å². The molecular formula is C15H19FN2O2. The molecule has 0 amide bonds. The Hall–Kier alpha value is -1.61. The predicted molar refractivity (Wildman–Crippen MR) is 75.1 cm³/mol. The lowest BCUT2D eigenvalue weighted by atomic mass is 10.2. The molecule has 4 nitrogen and oxygen atoms in total. The van der Waals surface area contributed by atoms with Crippen molar-refractivity contribution in [2.45, 2.75) is 0 Å². The average molecular weight is 278 g/mol. The third-order valence-corrected chi connectivity index (χ3v) is 3.05. The fraction of sp³-hybridized carbons (Fsp3) is 0.467. The maximum atomic E-state index is 13.7. The van der Waals surface area contributed by atoms with Crippen molar-refractivity contribution in [2.24, 2.45) is 5.73 Å². The summed E-state index contributed by atoms with van der Waals surface area (Å²) < 4.78 is 24.5. The van der Waals surface area contributed by atoms with Crippen molar-refractivity contribution in [3.63, 3.8) is 0 Å². The Balaban J connectivity index is 1.82. The molecule has 0 unspecified atom stereocenters. The molecule has 0 aliphatic carbocycles. The number of hydrogen-bond donors (Lipinski definition) is 1. The lowest BCUT2D eigenvalue weighted by Crippen LogP contribution is -2.38. The number of nitrogens with zero attached hydrogens (tertiary/aromatic N) is 1. The van der Waals surface area contributed by atoms with Gasteiger partial charge in [-0.3, -0.25) is 4.90 Å². The van der Waals surface area contributed by atoms with Gasteiger partial charge in [0.1, 0.15) is 18.2 Å². The highest BCUT2D eigenvalue weighted by Gasteiger charge is 2.10. The summed E-state index contributed by atoms with van der Waals surface area (Å²) >= 11 is 0. The van der Waals surface area contributed by atoms with Crippen LogP contribution in [-0.2, 0) is 4.74 Å². The van der Waals surface area contributed by atoms with Crippen LogP contribution in [0.4, 0.5) is 4.39 Å². The van der Waals surface area contributed by atoms with Gasteiger partial charge in [-0.15, -0.1) is 0 Å². The van der Waals surface area contributed by atoms with E-state index < -0.39 is 0 Å². The Morgan fingerprint density at radius 1 is 1.35 bits per heavy atom. The first-order chi connectivity index (χ1) is 9.79. The lowest BCUT2D eigenvalue weighted by molar-refractivity contribution is 0.0322. The van der Waals surface area contributed by atoms with E-state index in [1.165, 1.54) is 6.07 Å². The van der Waals surface area contributed by atoms with E-state index in [0.29, 0.717) is 17.9 Å². The predicted octanol–water partition coefficient (Wildman–Crippen LogP) is 0.847. The highest BCUT2D eigenvalue weighted by molar-refractivity contribution is 5.39. The molecule has 5 heteroatoms. The zero-order valence-corrected chi connectivity index (χ0v) is 11.4. The Labute approximate surface area is 118 Å². The van der Waals surface area contributed by atoms with Crippen LogP contribution in [0.2, 0.25) is 0 Å². The van der Waals surface area contributed by atoms with Gasteiger partial charge < -0.3 is 15.2 Å². The molecule has 1 saturated heterocycles. The van der Waals surface area contributed by atoms with Gasteiger partial charge in [0, 0.05) is 25.7 Å². The third-order valence-electron chi connectivity index (χ3n) is 3.05. The number of rotatable bonds is 4. The number of morpholine rings is 1. The molecule has 0 spiro atoms. The standard InChI is InChI=1S/C15H19FN2O2/c16-15-12-14(4-3-13(15)2-1-5-17)20-11-8-18-6-9-19-10-7-18/h3-4,12H,5-11,17H2. The number of ether oxygens (including phenoxy) is 2. The van der Waals surface area contributed by atoms with Crippen LogP contribution >= 0.6 is 0 Å². The van der Waals surface area contributed by atoms with Crippen LogP contribution in [0.3, 0.4) is 0 Å². The summed E-state index contributed by atoms with van der Waals surface area (Å²) in [6.45, 7) is 4.95. The fourth-order valence-electron chi connectivity index (χ4n) is 1.95. The van der Waals surface area contributed by atoms with Crippen molar-refractivity contribution in [1.29, 1.82) is 0 Å². The van der Waals surface area contributed by atoms with Gasteiger partial charge in [-0.05, 0) is 12.1 Å². The first kappa shape index (κ1) is 14.8. The summed E-state index contributed by atoms with van der Waals surface area (Å²) in [7, 11) is 0.